The van der Waals surface area contributed by atoms with Gasteiger partial charge in [0.25, 0.3) is 0 Å². The lowest BCUT2D eigenvalue weighted by molar-refractivity contribution is 0.805. The predicted octanol–water partition coefficient (Wildman–Crippen LogP) is 2.69. The van der Waals surface area contributed by atoms with E-state index in [9.17, 15) is 0 Å². The molecule has 0 N–H and O–H groups in total. The monoisotopic (exact) mass is 271 g/mol. The number of hydrogen-bond donors (Lipinski definition) is 0. The van der Waals surface area contributed by atoms with Gasteiger partial charge in [0.2, 0.25) is 0 Å². The topological polar surface area (TPSA) is 56.5 Å². The summed E-state index contributed by atoms with van der Waals surface area (Å²) in [5, 5.41) is 8.43. The Hall–Kier alpha value is -2.27. The molecule has 0 saturated heterocycles. The van der Waals surface area contributed by atoms with Gasteiger partial charge in [0, 0.05) is 6.07 Å². The molecule has 0 spiro atoms. The maximum atomic E-state index is 5.96. The molecule has 2 aromatic heterocycles. The van der Waals surface area contributed by atoms with E-state index in [1.54, 1.807) is 23.9 Å². The standard InChI is InChI=1S/C13H10ClN5/c1-9-16-11(7-13(14)17-9)12-8-15-18-19(12)10-5-3-2-4-6-10/h2-8H,1H3. The third-order valence-electron chi connectivity index (χ3n) is 2.62. The Labute approximate surface area is 114 Å². The van der Waals surface area contributed by atoms with Crippen LogP contribution < -0.4 is 0 Å². The molecule has 19 heavy (non-hydrogen) atoms. The molecule has 0 radical (unpaired) electrons. The largest absolute Gasteiger partial charge is 0.231 e. The maximum Gasteiger partial charge on any atom is 0.133 e. The van der Waals surface area contributed by atoms with Gasteiger partial charge in [-0.25, -0.2) is 14.6 Å². The van der Waals surface area contributed by atoms with Gasteiger partial charge in [-0.15, -0.1) is 5.10 Å². The van der Waals surface area contributed by atoms with Crippen LogP contribution in [0.15, 0.2) is 42.6 Å². The van der Waals surface area contributed by atoms with E-state index in [1.807, 2.05) is 30.3 Å². The van der Waals surface area contributed by atoms with E-state index in [0.29, 0.717) is 16.7 Å². The summed E-state index contributed by atoms with van der Waals surface area (Å²) < 4.78 is 1.72. The van der Waals surface area contributed by atoms with Crippen LogP contribution in [0.5, 0.6) is 0 Å². The van der Waals surface area contributed by atoms with Crippen molar-refractivity contribution in [1.29, 1.82) is 0 Å². The summed E-state index contributed by atoms with van der Waals surface area (Å²) in [7, 11) is 0. The first-order chi connectivity index (χ1) is 9.24. The fraction of sp³-hybridized carbons (Fsp3) is 0.0769. The Kier molecular flexibility index (Phi) is 2.97. The summed E-state index contributed by atoms with van der Waals surface area (Å²) in [5.41, 5.74) is 2.40. The summed E-state index contributed by atoms with van der Waals surface area (Å²) >= 11 is 5.96. The summed E-state index contributed by atoms with van der Waals surface area (Å²) in [4.78, 5) is 8.42. The van der Waals surface area contributed by atoms with E-state index in [1.165, 1.54) is 0 Å². The third-order valence-corrected chi connectivity index (χ3v) is 2.81. The van der Waals surface area contributed by atoms with Crippen LogP contribution in [0.3, 0.4) is 0 Å². The van der Waals surface area contributed by atoms with Gasteiger partial charge >= 0.3 is 0 Å². The number of aryl methyl sites for hydroxylation is 1. The second-order valence-electron chi connectivity index (χ2n) is 3.99. The van der Waals surface area contributed by atoms with Gasteiger partial charge in [0.15, 0.2) is 0 Å². The van der Waals surface area contributed by atoms with Gasteiger partial charge in [-0.05, 0) is 19.1 Å². The summed E-state index contributed by atoms with van der Waals surface area (Å²) in [6, 6.07) is 11.4. The van der Waals surface area contributed by atoms with Crippen molar-refractivity contribution in [3.05, 3.63) is 53.6 Å². The second kappa shape index (κ2) is 4.78. The molecule has 0 unspecified atom stereocenters. The van der Waals surface area contributed by atoms with E-state index in [0.717, 1.165) is 11.4 Å². The van der Waals surface area contributed by atoms with E-state index in [2.05, 4.69) is 20.3 Å². The zero-order chi connectivity index (χ0) is 13.2. The highest BCUT2D eigenvalue weighted by molar-refractivity contribution is 6.29. The molecule has 94 valence electrons. The molecule has 3 rings (SSSR count). The van der Waals surface area contributed by atoms with Crippen LogP contribution >= 0.6 is 11.6 Å². The van der Waals surface area contributed by atoms with Crippen LogP contribution in [0.25, 0.3) is 17.1 Å². The van der Waals surface area contributed by atoms with Gasteiger partial charge in [0.1, 0.15) is 16.7 Å². The summed E-state index contributed by atoms with van der Waals surface area (Å²) in [6.45, 7) is 1.80. The molecule has 6 heteroatoms. The van der Waals surface area contributed by atoms with Gasteiger partial charge in [-0.2, -0.15) is 0 Å². The number of halogens is 1. The maximum absolute atomic E-state index is 5.96. The molecule has 0 bridgehead atoms. The third kappa shape index (κ3) is 2.32. The van der Waals surface area contributed by atoms with Crippen molar-refractivity contribution in [1.82, 2.24) is 25.0 Å². The minimum Gasteiger partial charge on any atom is -0.231 e. The summed E-state index contributed by atoms with van der Waals surface area (Å²) in [6.07, 6.45) is 1.66. The molecule has 0 atom stereocenters. The lowest BCUT2D eigenvalue weighted by Gasteiger charge is -2.06. The van der Waals surface area contributed by atoms with Crippen molar-refractivity contribution in [2.75, 3.05) is 0 Å². The molecule has 0 aliphatic heterocycles. The van der Waals surface area contributed by atoms with Crippen LogP contribution in [-0.4, -0.2) is 25.0 Å². The van der Waals surface area contributed by atoms with Crippen LogP contribution in [0, 0.1) is 6.92 Å². The SMILES string of the molecule is Cc1nc(Cl)cc(-c2cnnn2-c2ccccc2)n1. The molecule has 0 aliphatic carbocycles. The van der Waals surface area contributed by atoms with Gasteiger partial charge in [-0.1, -0.05) is 35.0 Å². The highest BCUT2D eigenvalue weighted by Crippen LogP contribution is 2.21. The van der Waals surface area contributed by atoms with Gasteiger partial charge in [0.05, 0.1) is 17.6 Å². The summed E-state index contributed by atoms with van der Waals surface area (Å²) in [5.74, 6) is 0.614. The van der Waals surface area contributed by atoms with E-state index < -0.39 is 0 Å². The van der Waals surface area contributed by atoms with Crippen molar-refractivity contribution < 1.29 is 0 Å². The molecule has 2 heterocycles. The lowest BCUT2D eigenvalue weighted by atomic mass is 10.2. The number of hydrogen-bond acceptors (Lipinski definition) is 4. The predicted molar refractivity (Wildman–Crippen MR) is 72.1 cm³/mol. The van der Waals surface area contributed by atoms with Gasteiger partial charge in [-0.3, -0.25) is 0 Å². The zero-order valence-corrected chi connectivity index (χ0v) is 10.9. The fourth-order valence-corrected chi connectivity index (χ4v) is 2.06. The Bertz CT molecular complexity index is 688. The number of aromatic nitrogens is 5. The zero-order valence-electron chi connectivity index (χ0n) is 10.2. The molecule has 0 aliphatic rings. The van der Waals surface area contributed by atoms with Gasteiger partial charge < -0.3 is 0 Å². The first-order valence-electron chi connectivity index (χ1n) is 5.72. The highest BCUT2D eigenvalue weighted by atomic mass is 35.5. The van der Waals surface area contributed by atoms with E-state index >= 15 is 0 Å². The number of nitrogens with zero attached hydrogens (tertiary/aromatic N) is 5. The average Bonchev–Trinajstić information content (AvgIpc) is 2.88. The van der Waals surface area contributed by atoms with Crippen LogP contribution in [0.1, 0.15) is 5.82 Å². The van der Waals surface area contributed by atoms with Crippen molar-refractivity contribution in [3.63, 3.8) is 0 Å². The van der Waals surface area contributed by atoms with E-state index in [4.69, 9.17) is 11.6 Å². The minimum atomic E-state index is 0.406. The molecule has 0 amide bonds. The molecule has 0 saturated carbocycles. The van der Waals surface area contributed by atoms with E-state index in [-0.39, 0.29) is 0 Å². The second-order valence-corrected chi connectivity index (χ2v) is 4.38. The Morgan fingerprint density at radius 2 is 1.89 bits per heavy atom. The molecule has 1 aromatic carbocycles. The lowest BCUT2D eigenvalue weighted by Crippen LogP contribution is -2.01. The Balaban J connectivity index is 2.15. The first-order valence-corrected chi connectivity index (χ1v) is 6.09. The number of rotatable bonds is 2. The van der Waals surface area contributed by atoms with Crippen molar-refractivity contribution in [2.24, 2.45) is 0 Å². The normalized spacial score (nSPS) is 10.6. The smallest absolute Gasteiger partial charge is 0.133 e. The van der Waals surface area contributed by atoms with Crippen LogP contribution in [0.4, 0.5) is 0 Å². The first kappa shape index (κ1) is 11.8. The molecule has 3 aromatic rings. The van der Waals surface area contributed by atoms with Crippen molar-refractivity contribution >= 4 is 11.6 Å². The molecular formula is C13H10ClN5. The molecular weight excluding hydrogens is 262 g/mol. The fourth-order valence-electron chi connectivity index (χ4n) is 1.83. The quantitative estimate of drug-likeness (QED) is 0.673. The number of benzene rings is 1. The highest BCUT2D eigenvalue weighted by Gasteiger charge is 2.11. The minimum absolute atomic E-state index is 0.406. The van der Waals surface area contributed by atoms with Crippen molar-refractivity contribution in [2.45, 2.75) is 6.92 Å². The van der Waals surface area contributed by atoms with Crippen LogP contribution in [-0.2, 0) is 0 Å². The van der Waals surface area contributed by atoms with Crippen LogP contribution in [0.2, 0.25) is 5.15 Å². The number of para-hydroxylation sites is 1. The average molecular weight is 272 g/mol. The Morgan fingerprint density at radius 3 is 2.63 bits per heavy atom. The van der Waals surface area contributed by atoms with Crippen molar-refractivity contribution in [3.8, 4) is 17.1 Å². The molecule has 0 fully saturated rings. The Morgan fingerprint density at radius 1 is 1.11 bits per heavy atom. The molecule has 5 nitrogen and oxygen atoms in total.